The van der Waals surface area contributed by atoms with Crippen LogP contribution in [-0.4, -0.2) is 98.5 Å². The number of benzene rings is 2. The van der Waals surface area contributed by atoms with E-state index in [1.807, 2.05) is 25.7 Å². The molecule has 0 aliphatic carbocycles. The SMILES string of the molecule is CCc1c(F)ccc2cc(O)cc(-c3ncc4c(N5CCN6C(C5)C(=O)NC6(C)C)nc(OC[C@@]56CCCN5C[C@H](F)C6)nc4c3F)c12. The van der Waals surface area contributed by atoms with E-state index in [-0.39, 0.29) is 41.0 Å². The molecule has 4 aliphatic rings. The summed E-state index contributed by atoms with van der Waals surface area (Å²) >= 11 is 0. The Morgan fingerprint density at radius 2 is 1.96 bits per heavy atom. The first-order valence-corrected chi connectivity index (χ1v) is 16.6. The van der Waals surface area contributed by atoms with Crippen LogP contribution in [0.25, 0.3) is 32.9 Å². The number of pyridine rings is 1. The molecular weight excluding hydrogens is 623 g/mol. The van der Waals surface area contributed by atoms with E-state index in [1.54, 1.807) is 6.07 Å². The Balaban J connectivity index is 1.26. The summed E-state index contributed by atoms with van der Waals surface area (Å²) in [5.41, 5.74) is -0.503. The maximum absolute atomic E-state index is 16.9. The fourth-order valence-corrected chi connectivity index (χ4v) is 8.52. The number of hydrogen-bond donors (Lipinski definition) is 2. The first-order chi connectivity index (χ1) is 23.0. The second-order valence-electron chi connectivity index (χ2n) is 14.1. The predicted molar refractivity (Wildman–Crippen MR) is 175 cm³/mol. The van der Waals surface area contributed by atoms with Gasteiger partial charge in [-0.1, -0.05) is 13.0 Å². The minimum Gasteiger partial charge on any atom is -0.508 e. The Bertz CT molecular complexity index is 1980. The molecule has 0 radical (unpaired) electrons. The molecule has 4 aliphatic heterocycles. The van der Waals surface area contributed by atoms with Crippen molar-refractivity contribution in [3.05, 3.63) is 47.7 Å². The quantitative estimate of drug-likeness (QED) is 0.304. The van der Waals surface area contributed by atoms with Crippen LogP contribution in [0.5, 0.6) is 11.8 Å². The number of alkyl halides is 1. The normalized spacial score (nSPS) is 25.5. The lowest BCUT2D eigenvalue weighted by Crippen LogP contribution is -2.57. The van der Waals surface area contributed by atoms with Gasteiger partial charge in [0.05, 0.1) is 16.6 Å². The zero-order chi connectivity index (χ0) is 33.5. The molecule has 0 bridgehead atoms. The van der Waals surface area contributed by atoms with Crippen LogP contribution in [0.1, 0.15) is 45.6 Å². The van der Waals surface area contributed by atoms with E-state index < -0.39 is 35.0 Å². The summed E-state index contributed by atoms with van der Waals surface area (Å²) < 4.78 is 52.7. The average Bonchev–Trinajstić information content (AvgIpc) is 3.66. The molecule has 2 aromatic carbocycles. The number of phenols is 1. The van der Waals surface area contributed by atoms with Crippen LogP contribution in [0.15, 0.2) is 30.5 Å². The van der Waals surface area contributed by atoms with Gasteiger partial charge in [-0.05, 0) is 74.2 Å². The smallest absolute Gasteiger partial charge is 0.319 e. The number of anilines is 1. The van der Waals surface area contributed by atoms with Crippen molar-refractivity contribution < 1.29 is 27.8 Å². The number of aromatic hydroxyl groups is 1. The van der Waals surface area contributed by atoms with Crippen LogP contribution >= 0.6 is 0 Å². The van der Waals surface area contributed by atoms with Gasteiger partial charge in [-0.25, -0.2) is 13.2 Å². The number of halogens is 3. The molecule has 4 saturated heterocycles. The summed E-state index contributed by atoms with van der Waals surface area (Å²) in [7, 11) is 0. The Hall–Kier alpha value is -4.23. The number of rotatable bonds is 6. The van der Waals surface area contributed by atoms with E-state index in [9.17, 15) is 14.3 Å². The van der Waals surface area contributed by atoms with Gasteiger partial charge in [0.25, 0.3) is 0 Å². The molecule has 8 rings (SSSR count). The van der Waals surface area contributed by atoms with Crippen molar-refractivity contribution in [1.82, 2.24) is 30.1 Å². The van der Waals surface area contributed by atoms with Crippen LogP contribution in [0.3, 0.4) is 0 Å². The van der Waals surface area contributed by atoms with Crippen LogP contribution < -0.4 is 15.0 Å². The maximum Gasteiger partial charge on any atom is 0.319 e. The summed E-state index contributed by atoms with van der Waals surface area (Å²) in [6.45, 7) is 8.41. The highest BCUT2D eigenvalue weighted by atomic mass is 19.1. The van der Waals surface area contributed by atoms with Gasteiger partial charge >= 0.3 is 6.01 Å². The number of phenolic OH excluding ortho intramolecular Hbond substituents is 1. The lowest BCUT2D eigenvalue weighted by atomic mass is 9.94. The number of carbonyl (C=O) groups excluding carboxylic acids is 1. The van der Waals surface area contributed by atoms with Gasteiger partial charge in [0.15, 0.2) is 5.82 Å². The highest BCUT2D eigenvalue weighted by Gasteiger charge is 2.50. The van der Waals surface area contributed by atoms with Gasteiger partial charge in [-0.2, -0.15) is 9.97 Å². The Morgan fingerprint density at radius 3 is 2.77 bits per heavy atom. The molecule has 2 aromatic heterocycles. The fraction of sp³-hybridized carbons (Fsp3) is 0.486. The third-order valence-electron chi connectivity index (χ3n) is 10.8. The van der Waals surface area contributed by atoms with Crippen molar-refractivity contribution in [1.29, 1.82) is 0 Å². The second-order valence-corrected chi connectivity index (χ2v) is 14.1. The zero-order valence-electron chi connectivity index (χ0n) is 27.2. The molecule has 1 unspecified atom stereocenters. The molecular formula is C35H38F3N7O3. The van der Waals surface area contributed by atoms with Crippen molar-refractivity contribution in [2.75, 3.05) is 44.2 Å². The van der Waals surface area contributed by atoms with E-state index in [1.165, 1.54) is 24.4 Å². The third-order valence-corrected chi connectivity index (χ3v) is 10.8. The molecule has 2 N–H and O–H groups in total. The number of hydrogen-bond acceptors (Lipinski definition) is 9. The zero-order valence-corrected chi connectivity index (χ0v) is 27.2. The second kappa shape index (κ2) is 11.2. The van der Waals surface area contributed by atoms with Crippen LogP contribution in [0.2, 0.25) is 0 Å². The molecule has 0 spiro atoms. The minimum absolute atomic E-state index is 0.0554. The summed E-state index contributed by atoms with van der Waals surface area (Å²) in [5, 5.41) is 15.0. The summed E-state index contributed by atoms with van der Waals surface area (Å²) in [5.74, 6) is -1.04. The Morgan fingerprint density at radius 1 is 1.12 bits per heavy atom. The van der Waals surface area contributed by atoms with Crippen LogP contribution in [0, 0.1) is 11.6 Å². The number of amides is 1. The number of aromatic nitrogens is 3. The van der Waals surface area contributed by atoms with Crippen molar-refractivity contribution in [2.24, 2.45) is 0 Å². The first-order valence-electron chi connectivity index (χ1n) is 16.6. The molecule has 1 amide bonds. The van der Waals surface area contributed by atoms with Gasteiger partial charge in [0.1, 0.15) is 47.4 Å². The molecule has 48 heavy (non-hydrogen) atoms. The highest BCUT2D eigenvalue weighted by Crippen LogP contribution is 2.42. The number of nitrogens with zero attached hydrogens (tertiary/aromatic N) is 6. The Labute approximate surface area is 275 Å². The molecule has 0 saturated carbocycles. The topological polar surface area (TPSA) is 107 Å². The summed E-state index contributed by atoms with van der Waals surface area (Å²) in [4.78, 5) is 33.0. The lowest BCUT2D eigenvalue weighted by molar-refractivity contribution is -0.121. The number of fused-ring (bicyclic) bond motifs is 4. The van der Waals surface area contributed by atoms with Crippen molar-refractivity contribution >= 4 is 33.4 Å². The van der Waals surface area contributed by atoms with Gasteiger partial charge in [-0.15, -0.1) is 0 Å². The Kier molecular flexibility index (Phi) is 7.22. The number of carbonyl (C=O) groups is 1. The van der Waals surface area contributed by atoms with E-state index in [4.69, 9.17) is 9.72 Å². The average molecular weight is 662 g/mol. The molecule has 6 heterocycles. The monoisotopic (exact) mass is 661 g/mol. The first kappa shape index (κ1) is 31.1. The highest BCUT2D eigenvalue weighted by molar-refractivity contribution is 6.02. The number of piperazine rings is 1. The molecule has 13 heteroatoms. The predicted octanol–water partition coefficient (Wildman–Crippen LogP) is 4.70. The van der Waals surface area contributed by atoms with Gasteiger partial charge in [0, 0.05) is 44.4 Å². The fourth-order valence-electron chi connectivity index (χ4n) is 8.52. The largest absolute Gasteiger partial charge is 0.508 e. The van der Waals surface area contributed by atoms with E-state index in [2.05, 4.69) is 25.1 Å². The van der Waals surface area contributed by atoms with Gasteiger partial charge < -0.3 is 20.1 Å². The van der Waals surface area contributed by atoms with Crippen LogP contribution in [0.4, 0.5) is 19.0 Å². The van der Waals surface area contributed by atoms with Crippen molar-refractivity contribution in [3.8, 4) is 23.0 Å². The standard InChI is InChI=1S/C35H38F3N7O3/c1-4-22-25(37)7-6-19-12-21(46)13-23(27(19)22)29-28(38)30-24(15-39-29)31(43-10-11-45-26(17-43)32(47)42-34(45,2)3)41-33(40-30)48-18-35-8-5-9-44(35)16-20(36)14-35/h6-7,12-13,15,20,26,46H,4-5,8-11,14,16-18H2,1-3H3,(H,42,47)/t20-,26?,35+/m1/s1. The lowest BCUT2D eigenvalue weighted by Gasteiger charge is -2.41. The van der Waals surface area contributed by atoms with E-state index >= 15 is 8.78 Å². The molecule has 3 atom stereocenters. The van der Waals surface area contributed by atoms with Crippen LogP contribution in [-0.2, 0) is 11.2 Å². The van der Waals surface area contributed by atoms with E-state index in [0.717, 1.165) is 19.4 Å². The third kappa shape index (κ3) is 4.84. The van der Waals surface area contributed by atoms with Gasteiger partial charge in [-0.3, -0.25) is 19.6 Å². The maximum atomic E-state index is 16.9. The van der Waals surface area contributed by atoms with Gasteiger partial charge in [0.2, 0.25) is 5.91 Å². The number of aryl methyl sites for hydroxylation is 1. The minimum atomic E-state index is -0.943. The molecule has 10 nitrogen and oxygen atoms in total. The van der Waals surface area contributed by atoms with E-state index in [0.29, 0.717) is 66.6 Å². The molecule has 4 aromatic rings. The molecule has 4 fully saturated rings. The number of nitrogens with one attached hydrogen (secondary N) is 1. The summed E-state index contributed by atoms with van der Waals surface area (Å²) in [6.07, 6.45) is 2.96. The van der Waals surface area contributed by atoms with Crippen molar-refractivity contribution in [3.63, 3.8) is 0 Å². The summed E-state index contributed by atoms with van der Waals surface area (Å²) in [6, 6.07) is 5.29. The molecule has 252 valence electrons. The number of ether oxygens (including phenoxy) is 1. The van der Waals surface area contributed by atoms with Crippen molar-refractivity contribution in [2.45, 2.75) is 69.9 Å².